The third-order valence-electron chi connectivity index (χ3n) is 1.99. The molecule has 3 heteroatoms. The quantitative estimate of drug-likeness (QED) is 0.828. The SMILES string of the molecule is Cc1ccc(S(=O)CC(C)N)c(C)c1. The molecule has 0 bridgehead atoms. The summed E-state index contributed by atoms with van der Waals surface area (Å²) >= 11 is 0. The van der Waals surface area contributed by atoms with Gasteiger partial charge in [-0.3, -0.25) is 4.21 Å². The van der Waals surface area contributed by atoms with Gasteiger partial charge in [-0.15, -0.1) is 0 Å². The van der Waals surface area contributed by atoms with Crippen molar-refractivity contribution in [3.8, 4) is 0 Å². The second-order valence-electron chi connectivity index (χ2n) is 3.76. The van der Waals surface area contributed by atoms with Crippen molar-refractivity contribution in [1.29, 1.82) is 0 Å². The van der Waals surface area contributed by atoms with Crippen LogP contribution in [0, 0.1) is 13.8 Å². The summed E-state index contributed by atoms with van der Waals surface area (Å²) in [5.41, 5.74) is 7.90. The smallest absolute Gasteiger partial charge is 0.0547 e. The lowest BCUT2D eigenvalue weighted by Gasteiger charge is -2.08. The Kier molecular flexibility index (Phi) is 3.84. The van der Waals surface area contributed by atoms with E-state index in [9.17, 15) is 4.21 Å². The Bertz CT molecular complexity index is 347. The van der Waals surface area contributed by atoms with Gasteiger partial charge < -0.3 is 5.73 Å². The largest absolute Gasteiger partial charge is 0.327 e. The Morgan fingerprint density at radius 2 is 2.07 bits per heavy atom. The van der Waals surface area contributed by atoms with Crippen molar-refractivity contribution in [2.75, 3.05) is 5.75 Å². The summed E-state index contributed by atoms with van der Waals surface area (Å²) in [6.07, 6.45) is 0. The van der Waals surface area contributed by atoms with Crippen LogP contribution < -0.4 is 5.73 Å². The van der Waals surface area contributed by atoms with Gasteiger partial charge >= 0.3 is 0 Å². The molecule has 0 saturated heterocycles. The van der Waals surface area contributed by atoms with Crippen LogP contribution >= 0.6 is 0 Å². The van der Waals surface area contributed by atoms with Gasteiger partial charge in [0.15, 0.2) is 0 Å². The molecule has 0 heterocycles. The predicted octanol–water partition coefficient (Wildman–Crippen LogP) is 1.76. The van der Waals surface area contributed by atoms with Gasteiger partial charge in [0.1, 0.15) is 0 Å². The third-order valence-corrected chi connectivity index (χ3v) is 3.77. The summed E-state index contributed by atoms with van der Waals surface area (Å²) in [6, 6.07) is 5.95. The van der Waals surface area contributed by atoms with E-state index in [0.717, 1.165) is 10.5 Å². The van der Waals surface area contributed by atoms with E-state index in [0.29, 0.717) is 5.75 Å². The Morgan fingerprint density at radius 1 is 1.43 bits per heavy atom. The fraction of sp³-hybridized carbons (Fsp3) is 0.455. The molecule has 0 spiro atoms. The highest BCUT2D eigenvalue weighted by atomic mass is 32.2. The van der Waals surface area contributed by atoms with E-state index in [-0.39, 0.29) is 6.04 Å². The standard InChI is InChI=1S/C11H17NOS/c1-8-4-5-11(9(2)6-8)14(13)7-10(3)12/h4-6,10H,7,12H2,1-3H3. The Labute approximate surface area is 88.0 Å². The van der Waals surface area contributed by atoms with Crippen molar-refractivity contribution in [1.82, 2.24) is 0 Å². The van der Waals surface area contributed by atoms with E-state index in [1.165, 1.54) is 5.56 Å². The average molecular weight is 211 g/mol. The molecule has 0 fully saturated rings. The van der Waals surface area contributed by atoms with Crippen LogP contribution in [0.4, 0.5) is 0 Å². The molecule has 0 aliphatic heterocycles. The number of hydrogen-bond acceptors (Lipinski definition) is 2. The van der Waals surface area contributed by atoms with Gasteiger partial charge in [0.2, 0.25) is 0 Å². The molecule has 2 nitrogen and oxygen atoms in total. The van der Waals surface area contributed by atoms with Crippen LogP contribution in [0.5, 0.6) is 0 Å². The Balaban J connectivity index is 2.90. The Hall–Kier alpha value is -0.670. The van der Waals surface area contributed by atoms with Gasteiger partial charge in [0, 0.05) is 16.7 Å². The normalized spacial score (nSPS) is 15.1. The van der Waals surface area contributed by atoms with Crippen LogP contribution in [0.2, 0.25) is 0 Å². The van der Waals surface area contributed by atoms with Crippen molar-refractivity contribution >= 4 is 10.8 Å². The molecule has 0 radical (unpaired) electrons. The molecule has 2 unspecified atom stereocenters. The number of rotatable bonds is 3. The van der Waals surface area contributed by atoms with Crippen molar-refractivity contribution < 1.29 is 4.21 Å². The second kappa shape index (κ2) is 4.71. The van der Waals surface area contributed by atoms with Gasteiger partial charge in [-0.05, 0) is 32.4 Å². The monoisotopic (exact) mass is 211 g/mol. The molecule has 0 saturated carbocycles. The van der Waals surface area contributed by atoms with Crippen molar-refractivity contribution in [2.24, 2.45) is 5.73 Å². The fourth-order valence-corrected chi connectivity index (χ4v) is 2.68. The van der Waals surface area contributed by atoms with Gasteiger partial charge in [-0.1, -0.05) is 17.7 Å². The minimum atomic E-state index is -0.958. The molecule has 0 aliphatic carbocycles. The molecule has 2 atom stereocenters. The molecule has 1 aromatic carbocycles. The zero-order valence-electron chi connectivity index (χ0n) is 8.91. The molecule has 0 amide bonds. The molecular formula is C11H17NOS. The predicted molar refractivity (Wildman–Crippen MR) is 60.8 cm³/mol. The first-order chi connectivity index (χ1) is 6.50. The van der Waals surface area contributed by atoms with Crippen LogP contribution in [-0.2, 0) is 10.8 Å². The van der Waals surface area contributed by atoms with Crippen molar-refractivity contribution in [3.63, 3.8) is 0 Å². The summed E-state index contributed by atoms with van der Waals surface area (Å²) in [5, 5.41) is 0. The van der Waals surface area contributed by atoms with E-state index in [1.807, 2.05) is 32.9 Å². The lowest BCUT2D eigenvalue weighted by Crippen LogP contribution is -2.23. The van der Waals surface area contributed by atoms with Crippen LogP contribution in [-0.4, -0.2) is 16.0 Å². The van der Waals surface area contributed by atoms with Gasteiger partial charge in [0.25, 0.3) is 0 Å². The summed E-state index contributed by atoms with van der Waals surface area (Å²) in [6.45, 7) is 5.90. The third kappa shape index (κ3) is 2.93. The summed E-state index contributed by atoms with van der Waals surface area (Å²) in [5.74, 6) is 0.532. The first-order valence-corrected chi connectivity index (χ1v) is 6.04. The highest BCUT2D eigenvalue weighted by molar-refractivity contribution is 7.85. The average Bonchev–Trinajstić information content (AvgIpc) is 2.01. The highest BCUT2D eigenvalue weighted by Gasteiger charge is 2.08. The van der Waals surface area contributed by atoms with E-state index in [4.69, 9.17) is 5.73 Å². The molecule has 2 N–H and O–H groups in total. The van der Waals surface area contributed by atoms with Gasteiger partial charge in [-0.25, -0.2) is 0 Å². The number of hydrogen-bond donors (Lipinski definition) is 1. The maximum atomic E-state index is 11.8. The maximum Gasteiger partial charge on any atom is 0.0547 e. The molecule has 0 aromatic heterocycles. The van der Waals surface area contributed by atoms with Crippen molar-refractivity contribution in [2.45, 2.75) is 31.7 Å². The molecule has 1 rings (SSSR count). The first-order valence-electron chi connectivity index (χ1n) is 4.72. The molecule has 0 aliphatic rings. The summed E-state index contributed by atoms with van der Waals surface area (Å²) < 4.78 is 11.8. The first kappa shape index (κ1) is 11.4. The zero-order chi connectivity index (χ0) is 10.7. The lowest BCUT2D eigenvalue weighted by atomic mass is 10.2. The fourth-order valence-electron chi connectivity index (χ4n) is 1.38. The van der Waals surface area contributed by atoms with Crippen LogP contribution in [0.25, 0.3) is 0 Å². The summed E-state index contributed by atoms with van der Waals surface area (Å²) in [7, 11) is -0.958. The van der Waals surface area contributed by atoms with E-state index in [2.05, 4.69) is 6.07 Å². The maximum absolute atomic E-state index is 11.8. The molecule has 78 valence electrons. The van der Waals surface area contributed by atoms with Gasteiger partial charge in [0.05, 0.1) is 10.8 Å². The molecule has 1 aromatic rings. The Morgan fingerprint density at radius 3 is 2.57 bits per heavy atom. The summed E-state index contributed by atoms with van der Waals surface area (Å²) in [4.78, 5) is 0.910. The van der Waals surface area contributed by atoms with E-state index < -0.39 is 10.8 Å². The lowest BCUT2D eigenvalue weighted by molar-refractivity contribution is 0.676. The molecule has 14 heavy (non-hydrogen) atoms. The highest BCUT2D eigenvalue weighted by Crippen LogP contribution is 2.15. The minimum Gasteiger partial charge on any atom is -0.327 e. The van der Waals surface area contributed by atoms with E-state index in [1.54, 1.807) is 0 Å². The number of nitrogens with two attached hydrogens (primary N) is 1. The van der Waals surface area contributed by atoms with Crippen LogP contribution in [0.3, 0.4) is 0 Å². The molecular weight excluding hydrogens is 194 g/mol. The van der Waals surface area contributed by atoms with Crippen LogP contribution in [0.15, 0.2) is 23.1 Å². The van der Waals surface area contributed by atoms with Crippen molar-refractivity contribution in [3.05, 3.63) is 29.3 Å². The van der Waals surface area contributed by atoms with E-state index >= 15 is 0 Å². The topological polar surface area (TPSA) is 43.1 Å². The van der Waals surface area contributed by atoms with Crippen LogP contribution in [0.1, 0.15) is 18.1 Å². The second-order valence-corrected chi connectivity index (χ2v) is 5.22. The van der Waals surface area contributed by atoms with Gasteiger partial charge in [-0.2, -0.15) is 0 Å². The number of benzene rings is 1. The zero-order valence-corrected chi connectivity index (χ0v) is 9.73. The minimum absolute atomic E-state index is 0.0171. The number of aryl methyl sites for hydroxylation is 2.